The third kappa shape index (κ3) is 5.08. The maximum atomic E-state index is 12.7. The molecule has 0 N–H and O–H groups in total. The van der Waals surface area contributed by atoms with E-state index in [1.54, 1.807) is 24.3 Å². The number of fused-ring (bicyclic) bond motifs is 1. The molecule has 4 rings (SSSR count). The Morgan fingerprint density at radius 2 is 1.79 bits per heavy atom. The Morgan fingerprint density at radius 1 is 1.09 bits per heavy atom. The number of ether oxygens (including phenoxy) is 2. The van der Waals surface area contributed by atoms with Crippen molar-refractivity contribution in [1.29, 1.82) is 0 Å². The Labute approximate surface area is 196 Å². The molecule has 1 aliphatic heterocycles. The molecule has 3 aromatic carbocycles. The molecule has 34 heavy (non-hydrogen) atoms. The zero-order valence-electron chi connectivity index (χ0n) is 18.2. The maximum Gasteiger partial charge on any atom is 0.338 e. The number of esters is 1. The number of benzene rings is 3. The molecule has 0 saturated carbocycles. The van der Waals surface area contributed by atoms with Gasteiger partial charge in [-0.25, -0.2) is 4.79 Å². The Balaban J connectivity index is 1.50. The maximum absolute atomic E-state index is 12.7. The van der Waals surface area contributed by atoms with Crippen molar-refractivity contribution in [3.63, 3.8) is 0 Å². The van der Waals surface area contributed by atoms with Crippen LogP contribution in [0.1, 0.15) is 27.0 Å². The number of carbonyl (C=O) groups is 1. The molecule has 1 atom stereocenters. The van der Waals surface area contributed by atoms with E-state index in [2.05, 4.69) is 0 Å². The summed E-state index contributed by atoms with van der Waals surface area (Å²) in [5.74, 6) is -0.743. The normalized spacial score (nSPS) is 14.8. The number of nitrogens with zero attached hydrogens (tertiary/aromatic N) is 1. The minimum absolute atomic E-state index is 0.00947. The van der Waals surface area contributed by atoms with Gasteiger partial charge in [0.15, 0.2) is 0 Å². The molecule has 1 aliphatic rings. The standard InChI is InChI=1S/C24H21NO8S/c1-16-7-9-19(10-8-16)34(29,30)32-15-18-13-21-20(11-12-22(25(27)28)23(21)33-18)24(26)31-14-17-5-3-2-4-6-17/h2-12,18H,13-15H2,1H3. The van der Waals surface area contributed by atoms with Crippen LogP contribution in [0.4, 0.5) is 5.69 Å². The van der Waals surface area contributed by atoms with Crippen LogP contribution in [0.25, 0.3) is 0 Å². The van der Waals surface area contributed by atoms with Gasteiger partial charge in [0.05, 0.1) is 15.4 Å². The van der Waals surface area contributed by atoms with Gasteiger partial charge in [-0.05, 0) is 30.7 Å². The lowest BCUT2D eigenvalue weighted by atomic mass is 10.0. The molecule has 0 fully saturated rings. The van der Waals surface area contributed by atoms with E-state index in [0.29, 0.717) is 0 Å². The summed E-state index contributed by atoms with van der Waals surface area (Å²) in [4.78, 5) is 23.6. The molecule has 0 amide bonds. The van der Waals surface area contributed by atoms with Crippen molar-refractivity contribution in [2.75, 3.05) is 6.61 Å². The summed E-state index contributed by atoms with van der Waals surface area (Å²) in [6.07, 6.45) is -0.784. The Hall–Kier alpha value is -3.76. The fourth-order valence-electron chi connectivity index (χ4n) is 3.55. The lowest BCUT2D eigenvalue weighted by Crippen LogP contribution is -2.23. The highest BCUT2D eigenvalue weighted by Crippen LogP contribution is 2.40. The highest BCUT2D eigenvalue weighted by atomic mass is 32.2. The average Bonchev–Trinajstić information content (AvgIpc) is 3.26. The fourth-order valence-corrected chi connectivity index (χ4v) is 4.49. The van der Waals surface area contributed by atoms with Gasteiger partial charge in [-0.15, -0.1) is 0 Å². The molecule has 1 heterocycles. The van der Waals surface area contributed by atoms with Crippen molar-refractivity contribution in [3.05, 3.63) is 99.1 Å². The zero-order valence-corrected chi connectivity index (χ0v) is 19.0. The minimum atomic E-state index is -4.05. The summed E-state index contributed by atoms with van der Waals surface area (Å²) in [6, 6.07) is 17.7. The van der Waals surface area contributed by atoms with Crippen molar-refractivity contribution in [3.8, 4) is 5.75 Å². The SMILES string of the molecule is Cc1ccc(S(=O)(=O)OCC2Cc3c(C(=O)OCc4ccccc4)ccc([N+](=O)[O-])c3O2)cc1. The number of aryl methyl sites for hydroxylation is 1. The highest BCUT2D eigenvalue weighted by Gasteiger charge is 2.35. The van der Waals surface area contributed by atoms with Crippen LogP contribution in [0.15, 0.2) is 71.6 Å². The van der Waals surface area contributed by atoms with Gasteiger partial charge in [-0.1, -0.05) is 48.0 Å². The number of nitro benzene ring substituents is 1. The fraction of sp³-hybridized carbons (Fsp3) is 0.208. The average molecular weight is 483 g/mol. The van der Waals surface area contributed by atoms with E-state index >= 15 is 0 Å². The molecule has 10 heteroatoms. The topological polar surface area (TPSA) is 122 Å². The van der Waals surface area contributed by atoms with E-state index in [1.165, 1.54) is 24.3 Å². The van der Waals surface area contributed by atoms with Crippen molar-refractivity contribution in [1.82, 2.24) is 0 Å². The summed E-state index contributed by atoms with van der Waals surface area (Å²) in [5, 5.41) is 11.5. The molecular formula is C24H21NO8S. The van der Waals surface area contributed by atoms with Gasteiger partial charge in [-0.3, -0.25) is 14.3 Å². The van der Waals surface area contributed by atoms with Crippen LogP contribution in [0.2, 0.25) is 0 Å². The predicted molar refractivity (Wildman–Crippen MR) is 121 cm³/mol. The van der Waals surface area contributed by atoms with Crippen LogP contribution >= 0.6 is 0 Å². The Kier molecular flexibility index (Phi) is 6.62. The molecule has 0 aromatic heterocycles. The summed E-state index contributed by atoms with van der Waals surface area (Å²) >= 11 is 0. The lowest BCUT2D eigenvalue weighted by molar-refractivity contribution is -0.385. The van der Waals surface area contributed by atoms with Crippen LogP contribution in [0, 0.1) is 17.0 Å². The summed E-state index contributed by atoms with van der Waals surface area (Å²) in [6.45, 7) is 1.49. The van der Waals surface area contributed by atoms with E-state index in [4.69, 9.17) is 13.7 Å². The number of nitro groups is 1. The van der Waals surface area contributed by atoms with Gasteiger partial charge >= 0.3 is 11.7 Å². The van der Waals surface area contributed by atoms with Crippen molar-refractivity contribution in [2.24, 2.45) is 0 Å². The molecule has 0 bridgehead atoms. The molecular weight excluding hydrogens is 462 g/mol. The van der Waals surface area contributed by atoms with Crippen LogP contribution < -0.4 is 4.74 Å². The third-order valence-electron chi connectivity index (χ3n) is 5.30. The second-order valence-corrected chi connectivity index (χ2v) is 9.37. The van der Waals surface area contributed by atoms with Gasteiger partial charge in [0.25, 0.3) is 10.1 Å². The first-order valence-corrected chi connectivity index (χ1v) is 11.8. The van der Waals surface area contributed by atoms with Gasteiger partial charge in [-0.2, -0.15) is 8.42 Å². The van der Waals surface area contributed by atoms with E-state index in [-0.39, 0.29) is 47.1 Å². The van der Waals surface area contributed by atoms with E-state index in [1.807, 2.05) is 25.1 Å². The van der Waals surface area contributed by atoms with Gasteiger partial charge < -0.3 is 9.47 Å². The molecule has 1 unspecified atom stereocenters. The predicted octanol–water partition coefficient (Wildman–Crippen LogP) is 3.97. The first kappa shape index (κ1) is 23.4. The second-order valence-electron chi connectivity index (χ2n) is 7.75. The summed E-state index contributed by atoms with van der Waals surface area (Å²) in [7, 11) is -4.05. The molecule has 0 radical (unpaired) electrons. The highest BCUT2D eigenvalue weighted by molar-refractivity contribution is 7.86. The minimum Gasteiger partial charge on any atom is -0.480 e. The second kappa shape index (κ2) is 9.62. The van der Waals surface area contributed by atoms with Crippen molar-refractivity contribution < 1.29 is 31.8 Å². The molecule has 176 valence electrons. The zero-order chi connectivity index (χ0) is 24.3. The third-order valence-corrected chi connectivity index (χ3v) is 6.60. The molecule has 0 spiro atoms. The number of hydrogen-bond acceptors (Lipinski definition) is 8. The van der Waals surface area contributed by atoms with E-state index < -0.39 is 27.1 Å². The van der Waals surface area contributed by atoms with Crippen LogP contribution in [0.5, 0.6) is 5.75 Å². The van der Waals surface area contributed by atoms with Crippen molar-refractivity contribution >= 4 is 21.8 Å². The molecule has 0 saturated heterocycles. The van der Waals surface area contributed by atoms with Crippen LogP contribution in [0.3, 0.4) is 0 Å². The van der Waals surface area contributed by atoms with E-state index in [0.717, 1.165) is 11.1 Å². The van der Waals surface area contributed by atoms with Gasteiger partial charge in [0.1, 0.15) is 19.3 Å². The van der Waals surface area contributed by atoms with E-state index in [9.17, 15) is 23.3 Å². The molecule has 3 aromatic rings. The van der Waals surface area contributed by atoms with Crippen LogP contribution in [-0.4, -0.2) is 32.0 Å². The Bertz CT molecular complexity index is 1320. The summed E-state index contributed by atoms with van der Waals surface area (Å²) in [5.41, 5.74) is 1.78. The lowest BCUT2D eigenvalue weighted by Gasteiger charge is -2.11. The van der Waals surface area contributed by atoms with Gasteiger partial charge in [0.2, 0.25) is 5.75 Å². The monoisotopic (exact) mass is 483 g/mol. The first-order valence-electron chi connectivity index (χ1n) is 10.4. The largest absolute Gasteiger partial charge is 0.480 e. The van der Waals surface area contributed by atoms with Gasteiger partial charge in [0, 0.05) is 18.1 Å². The number of hydrogen-bond donors (Lipinski definition) is 0. The van der Waals surface area contributed by atoms with Crippen LogP contribution in [-0.2, 0) is 32.1 Å². The number of rotatable bonds is 8. The molecule has 9 nitrogen and oxygen atoms in total. The molecule has 0 aliphatic carbocycles. The number of carbonyl (C=O) groups excluding carboxylic acids is 1. The smallest absolute Gasteiger partial charge is 0.338 e. The quantitative estimate of drug-likeness (QED) is 0.204. The summed E-state index contributed by atoms with van der Waals surface area (Å²) < 4.78 is 41.1. The Morgan fingerprint density at radius 3 is 2.47 bits per heavy atom. The van der Waals surface area contributed by atoms with Crippen molar-refractivity contribution in [2.45, 2.75) is 31.0 Å². The first-order chi connectivity index (χ1) is 16.2.